The number of nitrogens with zero attached hydrogens (tertiary/aromatic N) is 6. The quantitative estimate of drug-likeness (QED) is 0.296. The summed E-state index contributed by atoms with van der Waals surface area (Å²) in [7, 11) is 0. The van der Waals surface area contributed by atoms with Crippen LogP contribution in [0.25, 0.3) is 28.5 Å². The minimum atomic E-state index is 0.0976. The van der Waals surface area contributed by atoms with Crippen LogP contribution in [0.2, 0.25) is 0 Å². The van der Waals surface area contributed by atoms with Gasteiger partial charge in [0.2, 0.25) is 5.69 Å². The minimum absolute atomic E-state index is 0.0976. The first kappa shape index (κ1) is 23.3. The maximum Gasteiger partial charge on any atom is 0.213 e. The third-order valence-electron chi connectivity index (χ3n) is 7.80. The van der Waals surface area contributed by atoms with Crippen molar-refractivity contribution in [3.05, 3.63) is 72.3 Å². The fourth-order valence-corrected chi connectivity index (χ4v) is 5.91. The largest absolute Gasteiger partial charge is 0.235 e. The number of unbranched alkanes of at least 4 members (excludes halogenated alkanes) is 1. The lowest BCUT2D eigenvalue weighted by molar-refractivity contribution is -0.762. The first-order valence-corrected chi connectivity index (χ1v) is 13.1. The lowest BCUT2D eigenvalue weighted by Crippen LogP contribution is -2.62. The van der Waals surface area contributed by atoms with Crippen LogP contribution >= 0.6 is 0 Å². The van der Waals surface area contributed by atoms with Gasteiger partial charge in [0.1, 0.15) is 0 Å². The van der Waals surface area contributed by atoms with Crippen LogP contribution in [0.3, 0.4) is 0 Å². The Labute approximate surface area is 208 Å². The maximum absolute atomic E-state index is 4.71. The number of hydrogen-bond acceptors (Lipinski definition) is 4. The summed E-state index contributed by atoms with van der Waals surface area (Å²) in [5.74, 6) is 1.09. The molecular weight excluding hydrogens is 432 g/mol. The molecule has 3 aromatic heterocycles. The van der Waals surface area contributed by atoms with E-state index in [2.05, 4.69) is 90.2 Å². The van der Waals surface area contributed by atoms with Gasteiger partial charge in [-0.1, -0.05) is 45.4 Å². The normalized spacial score (nSPS) is 16.1. The maximum atomic E-state index is 4.71. The number of aromatic nitrogens is 6. The van der Waals surface area contributed by atoms with Gasteiger partial charge in [0.15, 0.2) is 23.3 Å². The summed E-state index contributed by atoms with van der Waals surface area (Å²) in [6.07, 6.45) is 12.5. The van der Waals surface area contributed by atoms with Crippen molar-refractivity contribution < 1.29 is 4.57 Å². The second-order valence-electron chi connectivity index (χ2n) is 9.52. The predicted molar refractivity (Wildman–Crippen MR) is 138 cm³/mol. The number of fused-ring (bicyclic) bond motifs is 3. The number of pyridine rings is 1. The Bertz CT molecular complexity index is 1320. The average Bonchev–Trinajstić information content (AvgIpc) is 3.41. The monoisotopic (exact) mass is 467 g/mol. The fourth-order valence-electron chi connectivity index (χ4n) is 5.91. The fraction of sp³-hybridized carbons (Fsp3) is 0.414. The minimum Gasteiger partial charge on any atom is -0.235 e. The van der Waals surface area contributed by atoms with Gasteiger partial charge < -0.3 is 0 Å². The molecule has 1 unspecified atom stereocenters. The highest BCUT2D eigenvalue weighted by molar-refractivity contribution is 5.67. The van der Waals surface area contributed by atoms with Gasteiger partial charge in [0.25, 0.3) is 0 Å². The molecule has 0 saturated heterocycles. The molecule has 0 saturated carbocycles. The van der Waals surface area contributed by atoms with E-state index in [9.17, 15) is 0 Å². The van der Waals surface area contributed by atoms with Gasteiger partial charge in [-0.05, 0) is 49.1 Å². The van der Waals surface area contributed by atoms with Crippen LogP contribution in [0.4, 0.5) is 0 Å². The lowest BCUT2D eigenvalue weighted by atomic mass is 9.69. The van der Waals surface area contributed by atoms with Gasteiger partial charge in [0.05, 0.1) is 17.4 Å². The Balaban J connectivity index is 1.55. The number of aryl methyl sites for hydroxylation is 1. The van der Waals surface area contributed by atoms with E-state index in [1.54, 1.807) is 0 Å². The lowest BCUT2D eigenvalue weighted by Gasteiger charge is -2.39. The van der Waals surface area contributed by atoms with Crippen LogP contribution < -0.4 is 4.57 Å². The van der Waals surface area contributed by atoms with Crippen molar-refractivity contribution in [1.82, 2.24) is 25.0 Å². The van der Waals surface area contributed by atoms with Crippen molar-refractivity contribution in [3.8, 4) is 28.5 Å². The Morgan fingerprint density at radius 3 is 2.66 bits per heavy atom. The van der Waals surface area contributed by atoms with Crippen molar-refractivity contribution in [2.75, 3.05) is 0 Å². The van der Waals surface area contributed by atoms with Crippen LogP contribution in [0.15, 0.2) is 61.1 Å². The van der Waals surface area contributed by atoms with Gasteiger partial charge in [-0.3, -0.25) is 0 Å². The molecule has 4 aromatic rings. The Morgan fingerprint density at radius 1 is 1.03 bits per heavy atom. The third-order valence-corrected chi connectivity index (χ3v) is 7.80. The second-order valence-corrected chi connectivity index (χ2v) is 9.52. The van der Waals surface area contributed by atoms with Gasteiger partial charge in [-0.2, -0.15) is 4.57 Å². The molecule has 0 N–H and O–H groups in total. The topological polar surface area (TPSA) is 60.4 Å². The molecule has 180 valence electrons. The van der Waals surface area contributed by atoms with Crippen molar-refractivity contribution >= 4 is 0 Å². The van der Waals surface area contributed by atoms with Crippen LogP contribution in [0.1, 0.15) is 77.0 Å². The summed E-state index contributed by atoms with van der Waals surface area (Å²) < 4.78 is 4.36. The van der Waals surface area contributed by atoms with Crippen molar-refractivity contribution in [3.63, 3.8) is 0 Å². The highest BCUT2D eigenvalue weighted by Crippen LogP contribution is 2.46. The van der Waals surface area contributed by atoms with E-state index in [1.807, 2.05) is 23.1 Å². The van der Waals surface area contributed by atoms with E-state index in [-0.39, 0.29) is 5.54 Å². The van der Waals surface area contributed by atoms with Crippen LogP contribution in [-0.2, 0) is 12.0 Å². The highest BCUT2D eigenvalue weighted by Gasteiger charge is 2.50. The molecule has 0 amide bonds. The first-order chi connectivity index (χ1) is 17.1. The van der Waals surface area contributed by atoms with E-state index in [4.69, 9.17) is 4.98 Å². The zero-order valence-electron chi connectivity index (χ0n) is 21.3. The molecule has 0 fully saturated rings. The van der Waals surface area contributed by atoms with Crippen LogP contribution in [0, 0.1) is 0 Å². The van der Waals surface area contributed by atoms with Crippen LogP contribution in [-0.4, -0.2) is 25.0 Å². The molecule has 35 heavy (non-hydrogen) atoms. The molecule has 1 atom stereocenters. The summed E-state index contributed by atoms with van der Waals surface area (Å²) in [4.78, 5) is 9.16. The van der Waals surface area contributed by atoms with Gasteiger partial charge >= 0.3 is 0 Å². The molecule has 0 aliphatic carbocycles. The zero-order valence-corrected chi connectivity index (χ0v) is 21.3. The molecule has 5 rings (SSSR count). The summed E-state index contributed by atoms with van der Waals surface area (Å²) in [6, 6.07) is 15.3. The summed E-state index contributed by atoms with van der Waals surface area (Å²) in [5.41, 5.74) is 6.81. The Hall–Kier alpha value is -3.41. The van der Waals surface area contributed by atoms with Gasteiger partial charge in [-0.15, -0.1) is 5.10 Å². The second kappa shape index (κ2) is 9.68. The molecule has 6 nitrogen and oxygen atoms in total. The van der Waals surface area contributed by atoms with E-state index in [1.165, 1.54) is 16.8 Å². The molecule has 1 aliphatic heterocycles. The van der Waals surface area contributed by atoms with Crippen LogP contribution in [0.5, 0.6) is 0 Å². The summed E-state index contributed by atoms with van der Waals surface area (Å²) >= 11 is 0. The molecule has 0 spiro atoms. The highest BCUT2D eigenvalue weighted by atomic mass is 15.4. The smallest absolute Gasteiger partial charge is 0.213 e. The summed E-state index contributed by atoms with van der Waals surface area (Å²) in [6.45, 7) is 9.16. The van der Waals surface area contributed by atoms with E-state index in [0.717, 1.165) is 49.9 Å². The number of hydrogen-bond donors (Lipinski definition) is 0. The number of benzene rings is 1. The molecule has 0 radical (unpaired) electrons. The van der Waals surface area contributed by atoms with Gasteiger partial charge in [0, 0.05) is 42.8 Å². The summed E-state index contributed by atoms with van der Waals surface area (Å²) in [5, 5.41) is 8.84. The van der Waals surface area contributed by atoms with Crippen molar-refractivity contribution in [2.45, 2.75) is 77.7 Å². The standard InChI is InChI=1S/C29H35N6/c1-5-9-12-21-16-17-30-28(31-21)26-20-35(33-32-26)22-14-15-23-24(19-22)27-13-10-11-18-34(27)29(7-3,8-4)25(23)6-2/h10-11,13-20,25H,5-9,12H2,1-4H3/q+1. The molecule has 1 aliphatic rings. The predicted octanol–water partition coefficient (Wildman–Crippen LogP) is 6.04. The number of rotatable bonds is 8. The molecule has 1 aromatic carbocycles. The molecule has 0 bridgehead atoms. The molecule has 6 heteroatoms. The third kappa shape index (κ3) is 3.95. The zero-order chi connectivity index (χ0) is 24.4. The average molecular weight is 468 g/mol. The van der Waals surface area contributed by atoms with E-state index >= 15 is 0 Å². The Morgan fingerprint density at radius 2 is 1.89 bits per heavy atom. The first-order valence-electron chi connectivity index (χ1n) is 13.1. The van der Waals surface area contributed by atoms with E-state index in [0.29, 0.717) is 17.4 Å². The Kier molecular flexibility index (Phi) is 6.46. The SMILES string of the molecule is CCCCc1ccnc(-c2cn(-c3ccc4c(c3)-c3cccc[n+]3C(CC)(CC)C4CC)nn2)n1. The van der Waals surface area contributed by atoms with E-state index < -0.39 is 0 Å². The van der Waals surface area contributed by atoms with Crippen molar-refractivity contribution in [2.24, 2.45) is 0 Å². The molecule has 4 heterocycles. The van der Waals surface area contributed by atoms with Crippen molar-refractivity contribution in [1.29, 1.82) is 0 Å². The van der Waals surface area contributed by atoms with Gasteiger partial charge in [-0.25, -0.2) is 14.6 Å². The molecular formula is C29H35N6+.